The standard InChI is InChI=1S/C28H35N9O3/c1-34(8-9-35-10-14-39-15-11-35)26(38)20-2-4-22(5-3-20)37-7-6-23-24(21-18-30-27(29)31-19-21)32-28(33-25(23)37)36-12-16-40-17-13-36/h2-5,18-19H,6-17H2,1H3,(H2,29,30,31). The molecule has 0 aliphatic carbocycles. The van der Waals surface area contributed by atoms with Crippen molar-refractivity contribution in [1.82, 2.24) is 29.7 Å². The maximum Gasteiger partial charge on any atom is 0.253 e. The van der Waals surface area contributed by atoms with Gasteiger partial charge in [-0.05, 0) is 30.7 Å². The van der Waals surface area contributed by atoms with Gasteiger partial charge in [-0.2, -0.15) is 4.98 Å². The van der Waals surface area contributed by atoms with Gasteiger partial charge in [0, 0.05) is 87.6 Å². The van der Waals surface area contributed by atoms with Crippen LogP contribution < -0.4 is 15.5 Å². The monoisotopic (exact) mass is 545 g/mol. The molecular weight excluding hydrogens is 510 g/mol. The van der Waals surface area contributed by atoms with Gasteiger partial charge >= 0.3 is 0 Å². The molecule has 2 N–H and O–H groups in total. The van der Waals surface area contributed by atoms with Crippen LogP contribution in [0.15, 0.2) is 36.7 Å². The molecule has 1 aromatic carbocycles. The van der Waals surface area contributed by atoms with Crippen LogP contribution in [0.2, 0.25) is 0 Å². The smallest absolute Gasteiger partial charge is 0.253 e. The summed E-state index contributed by atoms with van der Waals surface area (Å²) >= 11 is 0. The largest absolute Gasteiger partial charge is 0.379 e. The Morgan fingerprint density at radius 1 is 0.950 bits per heavy atom. The quantitative estimate of drug-likeness (QED) is 0.464. The van der Waals surface area contributed by atoms with Crippen molar-refractivity contribution in [1.29, 1.82) is 0 Å². The van der Waals surface area contributed by atoms with Crippen LogP contribution in [0.4, 0.5) is 23.4 Å². The van der Waals surface area contributed by atoms with Gasteiger partial charge in [0.15, 0.2) is 0 Å². The number of amides is 1. The van der Waals surface area contributed by atoms with E-state index in [9.17, 15) is 4.79 Å². The third-order valence-electron chi connectivity index (χ3n) is 7.68. The lowest BCUT2D eigenvalue weighted by Gasteiger charge is -2.29. The maximum atomic E-state index is 13.1. The van der Waals surface area contributed by atoms with E-state index in [0.717, 1.165) is 87.2 Å². The van der Waals surface area contributed by atoms with Crippen molar-refractivity contribution < 1.29 is 14.3 Å². The van der Waals surface area contributed by atoms with Crippen LogP contribution in [0.3, 0.4) is 0 Å². The second-order valence-electron chi connectivity index (χ2n) is 10.2. The van der Waals surface area contributed by atoms with Crippen LogP contribution >= 0.6 is 0 Å². The second kappa shape index (κ2) is 11.7. The lowest BCUT2D eigenvalue weighted by atomic mass is 10.1. The number of hydrogen-bond donors (Lipinski definition) is 1. The number of ether oxygens (including phenoxy) is 2. The van der Waals surface area contributed by atoms with Crippen LogP contribution in [-0.2, 0) is 15.9 Å². The fraction of sp³-hybridized carbons (Fsp3) is 0.464. The Hall–Kier alpha value is -3.87. The van der Waals surface area contributed by atoms with Crippen molar-refractivity contribution in [3.63, 3.8) is 0 Å². The van der Waals surface area contributed by atoms with Crippen molar-refractivity contribution in [3.05, 3.63) is 47.8 Å². The van der Waals surface area contributed by atoms with Gasteiger partial charge in [-0.1, -0.05) is 0 Å². The van der Waals surface area contributed by atoms with E-state index in [4.69, 9.17) is 25.2 Å². The second-order valence-corrected chi connectivity index (χ2v) is 10.2. The van der Waals surface area contributed by atoms with Crippen LogP contribution in [0.1, 0.15) is 15.9 Å². The molecule has 2 fully saturated rings. The average Bonchev–Trinajstić information content (AvgIpc) is 3.45. The molecule has 5 heterocycles. The summed E-state index contributed by atoms with van der Waals surface area (Å²) in [5.41, 5.74) is 10.1. The van der Waals surface area contributed by atoms with Crippen molar-refractivity contribution >= 4 is 29.3 Å². The summed E-state index contributed by atoms with van der Waals surface area (Å²) in [6, 6.07) is 7.81. The number of morpholine rings is 2. The molecule has 12 heteroatoms. The van der Waals surface area contributed by atoms with Crippen LogP contribution in [0.5, 0.6) is 0 Å². The average molecular weight is 546 g/mol. The molecule has 0 saturated carbocycles. The van der Waals surface area contributed by atoms with E-state index in [-0.39, 0.29) is 11.9 Å². The zero-order chi connectivity index (χ0) is 27.5. The number of carbonyl (C=O) groups is 1. The van der Waals surface area contributed by atoms with Crippen molar-refractivity contribution in [2.75, 3.05) is 94.8 Å². The first-order valence-electron chi connectivity index (χ1n) is 13.8. The number of rotatable bonds is 7. The van der Waals surface area contributed by atoms with E-state index in [1.54, 1.807) is 17.3 Å². The Morgan fingerprint density at radius 3 is 2.33 bits per heavy atom. The molecule has 6 rings (SSSR count). The summed E-state index contributed by atoms with van der Waals surface area (Å²) in [5, 5.41) is 0. The van der Waals surface area contributed by atoms with Crippen LogP contribution in [0.25, 0.3) is 11.3 Å². The Labute approximate surface area is 233 Å². The highest BCUT2D eigenvalue weighted by Crippen LogP contribution is 2.39. The van der Waals surface area contributed by atoms with Gasteiger partial charge in [0.1, 0.15) is 5.82 Å². The highest BCUT2D eigenvalue weighted by molar-refractivity contribution is 5.94. The van der Waals surface area contributed by atoms with Gasteiger partial charge in [0.05, 0.1) is 32.1 Å². The van der Waals surface area contributed by atoms with Crippen molar-refractivity contribution in [3.8, 4) is 11.3 Å². The van der Waals surface area contributed by atoms with Crippen LogP contribution in [0, 0.1) is 0 Å². The Bertz CT molecular complexity index is 1320. The van der Waals surface area contributed by atoms with Crippen molar-refractivity contribution in [2.45, 2.75) is 6.42 Å². The molecule has 3 aliphatic heterocycles. The normalized spacial score (nSPS) is 17.6. The molecule has 40 heavy (non-hydrogen) atoms. The number of likely N-dealkylation sites (N-methyl/N-ethyl adjacent to an activating group) is 1. The Kier molecular flexibility index (Phi) is 7.71. The van der Waals surface area contributed by atoms with Gasteiger partial charge in [0.25, 0.3) is 5.91 Å². The lowest BCUT2D eigenvalue weighted by molar-refractivity contribution is 0.0338. The maximum absolute atomic E-state index is 13.1. The molecule has 0 spiro atoms. The molecule has 0 atom stereocenters. The number of fused-ring (bicyclic) bond motifs is 1. The molecule has 210 valence electrons. The summed E-state index contributed by atoms with van der Waals surface area (Å²) < 4.78 is 11.0. The SMILES string of the molecule is CN(CCN1CCOCC1)C(=O)c1ccc(N2CCc3c(-c4cnc(N)nc4)nc(N4CCOCC4)nc32)cc1. The molecule has 12 nitrogen and oxygen atoms in total. The minimum atomic E-state index is 0.0178. The zero-order valence-electron chi connectivity index (χ0n) is 22.8. The summed E-state index contributed by atoms with van der Waals surface area (Å²) in [6.07, 6.45) is 4.21. The molecule has 1 amide bonds. The highest BCUT2D eigenvalue weighted by Gasteiger charge is 2.29. The van der Waals surface area contributed by atoms with Gasteiger partial charge < -0.3 is 29.9 Å². The van der Waals surface area contributed by atoms with E-state index < -0.39 is 0 Å². The summed E-state index contributed by atoms with van der Waals surface area (Å²) in [4.78, 5) is 39.9. The molecule has 0 radical (unpaired) electrons. The minimum Gasteiger partial charge on any atom is -0.379 e. The number of hydrogen-bond acceptors (Lipinski definition) is 11. The first-order chi connectivity index (χ1) is 19.6. The molecule has 3 aliphatic rings. The van der Waals surface area contributed by atoms with E-state index in [1.165, 1.54) is 0 Å². The fourth-order valence-electron chi connectivity index (χ4n) is 5.32. The first kappa shape index (κ1) is 26.4. The number of nitrogen functional groups attached to an aromatic ring is 1. The summed E-state index contributed by atoms with van der Waals surface area (Å²) in [6.45, 7) is 8.36. The third kappa shape index (κ3) is 5.55. The minimum absolute atomic E-state index is 0.0178. The molecule has 0 bridgehead atoms. The molecule has 2 aromatic heterocycles. The molecule has 2 saturated heterocycles. The summed E-state index contributed by atoms with van der Waals surface area (Å²) in [7, 11) is 1.86. The number of carbonyl (C=O) groups excluding carboxylic acids is 1. The fourth-order valence-corrected chi connectivity index (χ4v) is 5.32. The van der Waals surface area contributed by atoms with Gasteiger partial charge in [0.2, 0.25) is 11.9 Å². The predicted octanol–water partition coefficient (Wildman–Crippen LogP) is 1.45. The van der Waals surface area contributed by atoms with Gasteiger partial charge in [-0.25, -0.2) is 15.0 Å². The van der Waals surface area contributed by atoms with E-state index in [0.29, 0.717) is 31.3 Å². The molecule has 3 aromatic rings. The topological polar surface area (TPSA) is 126 Å². The zero-order valence-corrected chi connectivity index (χ0v) is 22.8. The van der Waals surface area contributed by atoms with Gasteiger partial charge in [-0.3, -0.25) is 9.69 Å². The Balaban J connectivity index is 1.23. The third-order valence-corrected chi connectivity index (χ3v) is 7.68. The number of anilines is 4. The van der Waals surface area contributed by atoms with E-state index >= 15 is 0 Å². The molecule has 0 unspecified atom stereocenters. The molecular formula is C28H35N9O3. The number of nitrogens with two attached hydrogens (primary N) is 1. The van der Waals surface area contributed by atoms with Crippen LogP contribution in [-0.4, -0.2) is 115 Å². The van der Waals surface area contributed by atoms with Crippen molar-refractivity contribution in [2.24, 2.45) is 0 Å². The predicted molar refractivity (Wildman–Crippen MR) is 152 cm³/mol. The van der Waals surface area contributed by atoms with E-state index in [2.05, 4.69) is 24.7 Å². The van der Waals surface area contributed by atoms with Gasteiger partial charge in [-0.15, -0.1) is 0 Å². The van der Waals surface area contributed by atoms with E-state index in [1.807, 2.05) is 31.3 Å². The number of aromatic nitrogens is 4. The summed E-state index contributed by atoms with van der Waals surface area (Å²) in [5.74, 6) is 1.77. The lowest BCUT2D eigenvalue weighted by Crippen LogP contribution is -2.41. The first-order valence-corrected chi connectivity index (χ1v) is 13.8. The highest BCUT2D eigenvalue weighted by atomic mass is 16.5. The Morgan fingerprint density at radius 2 is 1.62 bits per heavy atom. The number of nitrogens with zero attached hydrogens (tertiary/aromatic N) is 8. The number of benzene rings is 1.